The molecule has 2 heterocycles. The third kappa shape index (κ3) is 1.84. The van der Waals surface area contributed by atoms with Gasteiger partial charge in [-0.25, -0.2) is 4.98 Å². The summed E-state index contributed by atoms with van der Waals surface area (Å²) in [5.74, 6) is 0.743. The molecule has 1 saturated heterocycles. The summed E-state index contributed by atoms with van der Waals surface area (Å²) in [6.07, 6.45) is 1.55. The minimum Gasteiger partial charge on any atom is -0.439 e. The van der Waals surface area contributed by atoms with E-state index in [4.69, 9.17) is 10.2 Å². The van der Waals surface area contributed by atoms with Crippen molar-refractivity contribution in [2.24, 2.45) is 0 Å². The molecule has 0 bridgehead atoms. The van der Waals surface area contributed by atoms with Crippen LogP contribution in [0.2, 0.25) is 0 Å². The summed E-state index contributed by atoms with van der Waals surface area (Å²) in [6, 6.07) is 5.36. The Balaban J connectivity index is 1.88. The molecule has 0 spiro atoms. The lowest BCUT2D eigenvalue weighted by molar-refractivity contribution is -0.128. The summed E-state index contributed by atoms with van der Waals surface area (Å²) in [5, 5.41) is 0. The molecule has 1 aliphatic rings. The lowest BCUT2D eigenvalue weighted by Crippen LogP contribution is -2.23. The molecule has 1 fully saturated rings. The fraction of sp³-hybridized carbons (Fsp3) is 0.333. The van der Waals surface area contributed by atoms with Crippen molar-refractivity contribution in [1.29, 1.82) is 0 Å². The van der Waals surface area contributed by atoms with E-state index in [-0.39, 0.29) is 5.91 Å². The van der Waals surface area contributed by atoms with E-state index in [0.29, 0.717) is 30.1 Å². The van der Waals surface area contributed by atoms with Gasteiger partial charge in [0.05, 0.1) is 6.54 Å². The van der Waals surface area contributed by atoms with Crippen molar-refractivity contribution in [3.63, 3.8) is 0 Å². The van der Waals surface area contributed by atoms with Crippen molar-refractivity contribution in [3.8, 4) is 0 Å². The number of likely N-dealkylation sites (tertiary alicyclic amines) is 1. The molecule has 0 atom stereocenters. The fourth-order valence-electron chi connectivity index (χ4n) is 2.09. The molecule has 5 heteroatoms. The Morgan fingerprint density at radius 2 is 2.35 bits per heavy atom. The van der Waals surface area contributed by atoms with Gasteiger partial charge < -0.3 is 15.1 Å². The van der Waals surface area contributed by atoms with Gasteiger partial charge in [0.15, 0.2) is 5.58 Å². The number of carbonyl (C=O) groups is 1. The van der Waals surface area contributed by atoms with Crippen LogP contribution in [-0.4, -0.2) is 22.3 Å². The molecule has 1 amide bonds. The quantitative estimate of drug-likeness (QED) is 0.795. The van der Waals surface area contributed by atoms with Gasteiger partial charge >= 0.3 is 0 Å². The van der Waals surface area contributed by atoms with Crippen LogP contribution in [0.4, 0.5) is 5.69 Å². The number of amides is 1. The zero-order valence-corrected chi connectivity index (χ0v) is 9.35. The standard InChI is InChI=1S/C12H13N3O2/c13-8-3-4-9-10(6-8)17-11(14-9)7-15-5-1-2-12(15)16/h3-4,6H,1-2,5,7,13H2. The molecule has 1 aliphatic heterocycles. The van der Waals surface area contributed by atoms with Crippen LogP contribution < -0.4 is 5.73 Å². The Morgan fingerprint density at radius 1 is 1.47 bits per heavy atom. The average Bonchev–Trinajstić information content (AvgIpc) is 2.85. The summed E-state index contributed by atoms with van der Waals surface area (Å²) in [4.78, 5) is 17.6. The first-order valence-corrected chi connectivity index (χ1v) is 5.65. The van der Waals surface area contributed by atoms with Crippen molar-refractivity contribution in [3.05, 3.63) is 24.1 Å². The van der Waals surface area contributed by atoms with E-state index in [9.17, 15) is 4.79 Å². The second-order valence-corrected chi connectivity index (χ2v) is 4.25. The molecule has 2 aromatic rings. The van der Waals surface area contributed by atoms with Gasteiger partial charge in [0, 0.05) is 24.7 Å². The number of carbonyl (C=O) groups excluding carboxylic acids is 1. The van der Waals surface area contributed by atoms with Crippen LogP contribution in [-0.2, 0) is 11.3 Å². The predicted molar refractivity (Wildman–Crippen MR) is 63.1 cm³/mol. The van der Waals surface area contributed by atoms with Crippen molar-refractivity contribution in [2.45, 2.75) is 19.4 Å². The summed E-state index contributed by atoms with van der Waals surface area (Å²) < 4.78 is 5.57. The summed E-state index contributed by atoms with van der Waals surface area (Å²) in [5.41, 5.74) is 7.77. The highest BCUT2D eigenvalue weighted by molar-refractivity contribution is 5.78. The number of hydrogen-bond acceptors (Lipinski definition) is 4. The fourth-order valence-corrected chi connectivity index (χ4v) is 2.09. The van der Waals surface area contributed by atoms with Crippen LogP contribution in [0.25, 0.3) is 11.1 Å². The number of nitrogen functional groups attached to an aromatic ring is 1. The van der Waals surface area contributed by atoms with Gasteiger partial charge in [-0.05, 0) is 18.6 Å². The number of oxazole rings is 1. The molecule has 0 radical (unpaired) electrons. The van der Waals surface area contributed by atoms with E-state index in [2.05, 4.69) is 4.98 Å². The summed E-state index contributed by atoms with van der Waals surface area (Å²) in [7, 11) is 0. The maximum atomic E-state index is 11.5. The van der Waals surface area contributed by atoms with Crippen LogP contribution >= 0.6 is 0 Å². The monoisotopic (exact) mass is 231 g/mol. The maximum absolute atomic E-state index is 11.5. The molecule has 17 heavy (non-hydrogen) atoms. The van der Waals surface area contributed by atoms with Gasteiger partial charge in [-0.15, -0.1) is 0 Å². The Morgan fingerprint density at radius 3 is 3.12 bits per heavy atom. The first-order valence-electron chi connectivity index (χ1n) is 5.65. The third-order valence-electron chi connectivity index (χ3n) is 2.95. The molecule has 88 valence electrons. The van der Waals surface area contributed by atoms with Gasteiger partial charge in [0.1, 0.15) is 5.52 Å². The Bertz CT molecular complexity index is 576. The second-order valence-electron chi connectivity index (χ2n) is 4.25. The Labute approximate surface area is 98.2 Å². The number of nitrogens with zero attached hydrogens (tertiary/aromatic N) is 2. The molecule has 0 aliphatic carbocycles. The van der Waals surface area contributed by atoms with E-state index in [1.807, 2.05) is 6.07 Å². The second kappa shape index (κ2) is 3.76. The molecule has 0 saturated carbocycles. The number of anilines is 1. The van der Waals surface area contributed by atoms with Crippen LogP contribution in [0, 0.1) is 0 Å². The number of hydrogen-bond donors (Lipinski definition) is 1. The van der Waals surface area contributed by atoms with E-state index in [0.717, 1.165) is 18.5 Å². The SMILES string of the molecule is Nc1ccc2nc(CN3CCCC3=O)oc2c1. The van der Waals surface area contributed by atoms with Crippen molar-refractivity contribution < 1.29 is 9.21 Å². The predicted octanol–water partition coefficient (Wildman–Crippen LogP) is 1.53. The highest BCUT2D eigenvalue weighted by Crippen LogP contribution is 2.20. The van der Waals surface area contributed by atoms with E-state index in [1.54, 1.807) is 17.0 Å². The molecule has 3 rings (SSSR count). The molecule has 5 nitrogen and oxygen atoms in total. The molecular formula is C12H13N3O2. The van der Waals surface area contributed by atoms with Gasteiger partial charge in [0.2, 0.25) is 11.8 Å². The van der Waals surface area contributed by atoms with Gasteiger partial charge in [-0.1, -0.05) is 0 Å². The number of benzene rings is 1. The summed E-state index contributed by atoms with van der Waals surface area (Å²) >= 11 is 0. The lowest BCUT2D eigenvalue weighted by atomic mass is 10.3. The first-order chi connectivity index (χ1) is 8.22. The Hall–Kier alpha value is -2.04. The molecule has 1 aromatic carbocycles. The maximum Gasteiger partial charge on any atom is 0.223 e. The van der Waals surface area contributed by atoms with Crippen molar-refractivity contribution >= 4 is 22.7 Å². The zero-order valence-electron chi connectivity index (χ0n) is 9.35. The third-order valence-corrected chi connectivity index (χ3v) is 2.95. The van der Waals surface area contributed by atoms with E-state index >= 15 is 0 Å². The van der Waals surface area contributed by atoms with Gasteiger partial charge in [0.25, 0.3) is 0 Å². The van der Waals surface area contributed by atoms with Gasteiger partial charge in [-0.3, -0.25) is 4.79 Å². The van der Waals surface area contributed by atoms with E-state index < -0.39 is 0 Å². The van der Waals surface area contributed by atoms with Crippen LogP contribution in [0.3, 0.4) is 0 Å². The Kier molecular flexibility index (Phi) is 2.24. The van der Waals surface area contributed by atoms with E-state index in [1.165, 1.54) is 0 Å². The zero-order chi connectivity index (χ0) is 11.8. The average molecular weight is 231 g/mol. The number of nitrogens with two attached hydrogens (primary N) is 1. The highest BCUT2D eigenvalue weighted by Gasteiger charge is 2.22. The largest absolute Gasteiger partial charge is 0.439 e. The first kappa shape index (κ1) is 10.1. The smallest absolute Gasteiger partial charge is 0.223 e. The summed E-state index contributed by atoms with van der Waals surface area (Å²) in [6.45, 7) is 1.24. The van der Waals surface area contributed by atoms with Crippen molar-refractivity contribution in [1.82, 2.24) is 9.88 Å². The van der Waals surface area contributed by atoms with Crippen LogP contribution in [0.1, 0.15) is 18.7 Å². The molecular weight excluding hydrogens is 218 g/mol. The highest BCUT2D eigenvalue weighted by atomic mass is 16.3. The molecule has 2 N–H and O–H groups in total. The minimum absolute atomic E-state index is 0.173. The molecule has 1 aromatic heterocycles. The normalized spacial score (nSPS) is 16.0. The lowest BCUT2D eigenvalue weighted by Gasteiger charge is -2.11. The topological polar surface area (TPSA) is 72.4 Å². The minimum atomic E-state index is 0.173. The van der Waals surface area contributed by atoms with Crippen LogP contribution in [0.5, 0.6) is 0 Å². The van der Waals surface area contributed by atoms with Crippen LogP contribution in [0.15, 0.2) is 22.6 Å². The number of aromatic nitrogens is 1. The van der Waals surface area contributed by atoms with Crippen molar-refractivity contribution in [2.75, 3.05) is 12.3 Å². The number of rotatable bonds is 2. The van der Waals surface area contributed by atoms with Gasteiger partial charge in [-0.2, -0.15) is 0 Å². The molecule has 0 unspecified atom stereocenters. The number of fused-ring (bicyclic) bond motifs is 1.